The Morgan fingerprint density at radius 3 is 2.44 bits per heavy atom. The zero-order valence-electron chi connectivity index (χ0n) is 15.3. The number of nitrogens with zero attached hydrogens (tertiary/aromatic N) is 1. The van der Waals surface area contributed by atoms with Crippen LogP contribution < -0.4 is 10.6 Å². The largest absolute Gasteiger partial charge is 0.480 e. The molecule has 0 aromatic heterocycles. The van der Waals surface area contributed by atoms with Gasteiger partial charge in [0.05, 0.1) is 5.92 Å². The lowest BCUT2D eigenvalue weighted by Crippen LogP contribution is -2.53. The number of carbonyl (C=O) groups excluding carboxylic acids is 2. The van der Waals surface area contributed by atoms with Crippen molar-refractivity contribution in [1.82, 2.24) is 15.5 Å². The maximum atomic E-state index is 12.5. The first-order valence-corrected chi connectivity index (χ1v) is 9.51. The first-order valence-electron chi connectivity index (χ1n) is 9.51. The zero-order chi connectivity index (χ0) is 18.4. The molecule has 3 N–H and O–H groups in total. The van der Waals surface area contributed by atoms with Crippen LogP contribution >= 0.6 is 0 Å². The fourth-order valence-electron chi connectivity index (χ4n) is 3.67. The van der Waals surface area contributed by atoms with Gasteiger partial charge in [0, 0.05) is 19.1 Å². The Hall–Kier alpha value is -1.79. The van der Waals surface area contributed by atoms with Crippen LogP contribution in [0, 0.1) is 11.8 Å². The number of likely N-dealkylation sites (tertiary alicyclic amines) is 1. The van der Waals surface area contributed by atoms with Crippen LogP contribution in [0.25, 0.3) is 0 Å². The van der Waals surface area contributed by atoms with Crippen LogP contribution in [-0.2, 0) is 9.59 Å². The Labute approximate surface area is 149 Å². The second-order valence-corrected chi connectivity index (χ2v) is 7.43. The molecule has 1 unspecified atom stereocenters. The van der Waals surface area contributed by atoms with E-state index in [-0.39, 0.29) is 29.8 Å². The van der Waals surface area contributed by atoms with Gasteiger partial charge in [0.2, 0.25) is 5.91 Å². The highest BCUT2D eigenvalue weighted by Gasteiger charge is 2.33. The van der Waals surface area contributed by atoms with Crippen molar-refractivity contribution in [1.29, 1.82) is 0 Å². The highest BCUT2D eigenvalue weighted by atomic mass is 16.4. The third-order valence-corrected chi connectivity index (χ3v) is 5.54. The van der Waals surface area contributed by atoms with Crippen LogP contribution in [-0.4, -0.2) is 53.1 Å². The average molecular weight is 353 g/mol. The number of carboxylic acids is 1. The Kier molecular flexibility index (Phi) is 7.08. The molecule has 0 aromatic carbocycles. The lowest BCUT2D eigenvalue weighted by molar-refractivity contribution is -0.144. The fourth-order valence-corrected chi connectivity index (χ4v) is 3.67. The second-order valence-electron chi connectivity index (χ2n) is 7.43. The van der Waals surface area contributed by atoms with Crippen molar-refractivity contribution in [3.63, 3.8) is 0 Å². The molecule has 1 aliphatic carbocycles. The molecule has 1 saturated carbocycles. The summed E-state index contributed by atoms with van der Waals surface area (Å²) in [5.74, 6) is -1.73. The quantitative estimate of drug-likeness (QED) is 0.680. The molecule has 1 heterocycles. The molecule has 2 fully saturated rings. The molecular formula is C18H31N3O4. The van der Waals surface area contributed by atoms with Crippen molar-refractivity contribution >= 4 is 17.9 Å². The van der Waals surface area contributed by atoms with Crippen molar-refractivity contribution < 1.29 is 19.5 Å². The predicted molar refractivity (Wildman–Crippen MR) is 94.1 cm³/mol. The van der Waals surface area contributed by atoms with Crippen LogP contribution in [0.1, 0.15) is 58.8 Å². The number of rotatable bonds is 6. The Morgan fingerprint density at radius 2 is 1.84 bits per heavy atom. The van der Waals surface area contributed by atoms with Crippen LogP contribution in [0.2, 0.25) is 0 Å². The van der Waals surface area contributed by atoms with E-state index in [0.29, 0.717) is 25.9 Å². The van der Waals surface area contributed by atoms with Crippen molar-refractivity contribution in [3.05, 3.63) is 0 Å². The van der Waals surface area contributed by atoms with Gasteiger partial charge in [-0.2, -0.15) is 0 Å². The number of nitrogens with one attached hydrogen (secondary N) is 2. The molecule has 0 bridgehead atoms. The van der Waals surface area contributed by atoms with E-state index in [1.165, 1.54) is 0 Å². The fraction of sp³-hybridized carbons (Fsp3) is 0.833. The molecule has 1 aliphatic heterocycles. The number of piperidine rings is 1. The van der Waals surface area contributed by atoms with Gasteiger partial charge in [-0.05, 0) is 31.6 Å². The van der Waals surface area contributed by atoms with E-state index in [0.717, 1.165) is 32.1 Å². The molecule has 7 heteroatoms. The molecule has 25 heavy (non-hydrogen) atoms. The summed E-state index contributed by atoms with van der Waals surface area (Å²) in [6.07, 6.45) is 6.49. The van der Waals surface area contributed by atoms with E-state index >= 15 is 0 Å². The van der Waals surface area contributed by atoms with Gasteiger partial charge in [0.1, 0.15) is 6.04 Å². The molecule has 2 aliphatic rings. The van der Waals surface area contributed by atoms with Gasteiger partial charge in [-0.3, -0.25) is 4.79 Å². The number of amides is 3. The molecule has 142 valence electrons. The molecular weight excluding hydrogens is 322 g/mol. The number of urea groups is 1. The number of hydrogen-bond donors (Lipinski definition) is 3. The number of aliphatic carboxylic acids is 1. The monoisotopic (exact) mass is 353 g/mol. The first-order chi connectivity index (χ1) is 11.9. The highest BCUT2D eigenvalue weighted by molar-refractivity contribution is 5.86. The van der Waals surface area contributed by atoms with Crippen molar-refractivity contribution in [2.24, 2.45) is 11.8 Å². The maximum Gasteiger partial charge on any atom is 0.326 e. The third kappa shape index (κ3) is 5.34. The van der Waals surface area contributed by atoms with Crippen LogP contribution in [0.3, 0.4) is 0 Å². The first kappa shape index (κ1) is 19.5. The molecule has 7 nitrogen and oxygen atoms in total. The molecule has 2 rings (SSSR count). The lowest BCUT2D eigenvalue weighted by Gasteiger charge is -2.33. The number of carboxylic acid groups (broad SMARTS) is 1. The predicted octanol–water partition coefficient (Wildman–Crippen LogP) is 1.97. The summed E-state index contributed by atoms with van der Waals surface area (Å²) in [4.78, 5) is 38.0. The summed E-state index contributed by atoms with van der Waals surface area (Å²) in [7, 11) is 0. The third-order valence-electron chi connectivity index (χ3n) is 5.54. The van der Waals surface area contributed by atoms with E-state index in [1.54, 1.807) is 4.90 Å². The molecule has 1 saturated heterocycles. The smallest absolute Gasteiger partial charge is 0.326 e. The summed E-state index contributed by atoms with van der Waals surface area (Å²) in [6, 6.07) is -0.718. The highest BCUT2D eigenvalue weighted by Crippen LogP contribution is 2.21. The topological polar surface area (TPSA) is 98.7 Å². The van der Waals surface area contributed by atoms with E-state index in [9.17, 15) is 19.5 Å². The van der Waals surface area contributed by atoms with Gasteiger partial charge >= 0.3 is 12.0 Å². The van der Waals surface area contributed by atoms with Gasteiger partial charge < -0.3 is 20.6 Å². The molecule has 0 radical (unpaired) electrons. The molecule has 0 aromatic rings. The summed E-state index contributed by atoms with van der Waals surface area (Å²) in [5.41, 5.74) is 0. The van der Waals surface area contributed by atoms with Crippen molar-refractivity contribution in [2.45, 2.75) is 70.9 Å². The van der Waals surface area contributed by atoms with Gasteiger partial charge in [-0.1, -0.05) is 33.1 Å². The van der Waals surface area contributed by atoms with Gasteiger partial charge in [0.15, 0.2) is 0 Å². The standard InChI is InChI=1S/C18H31N3O4/c1-3-12(2)15(17(23)24)20-16(22)13-7-6-10-21(11-13)18(25)19-14-8-4-5-9-14/h12-15H,3-11H2,1-2H3,(H,19,25)(H,20,22)(H,23,24)/t12-,13?,15-/m0/s1. The van der Waals surface area contributed by atoms with Crippen molar-refractivity contribution in [3.8, 4) is 0 Å². The van der Waals surface area contributed by atoms with Crippen LogP contribution in [0.5, 0.6) is 0 Å². The lowest BCUT2D eigenvalue weighted by atomic mass is 9.94. The van der Waals surface area contributed by atoms with E-state index in [2.05, 4.69) is 10.6 Å². The minimum Gasteiger partial charge on any atom is -0.480 e. The number of hydrogen-bond acceptors (Lipinski definition) is 3. The maximum absolute atomic E-state index is 12.5. The van der Waals surface area contributed by atoms with E-state index < -0.39 is 12.0 Å². The van der Waals surface area contributed by atoms with Crippen LogP contribution in [0.15, 0.2) is 0 Å². The summed E-state index contributed by atoms with van der Waals surface area (Å²) < 4.78 is 0. The summed E-state index contributed by atoms with van der Waals surface area (Å²) in [6.45, 7) is 4.73. The van der Waals surface area contributed by atoms with Gasteiger partial charge in [-0.15, -0.1) is 0 Å². The molecule has 3 amide bonds. The van der Waals surface area contributed by atoms with Gasteiger partial charge in [-0.25, -0.2) is 9.59 Å². The summed E-state index contributed by atoms with van der Waals surface area (Å²) >= 11 is 0. The van der Waals surface area contributed by atoms with Gasteiger partial charge in [0.25, 0.3) is 0 Å². The van der Waals surface area contributed by atoms with Crippen molar-refractivity contribution in [2.75, 3.05) is 13.1 Å². The normalized spacial score (nSPS) is 23.8. The summed E-state index contributed by atoms with van der Waals surface area (Å²) in [5, 5.41) is 15.1. The van der Waals surface area contributed by atoms with E-state index in [4.69, 9.17) is 0 Å². The zero-order valence-corrected chi connectivity index (χ0v) is 15.3. The molecule has 3 atom stereocenters. The minimum atomic E-state index is -1.01. The Bertz CT molecular complexity index is 491. The van der Waals surface area contributed by atoms with E-state index in [1.807, 2.05) is 13.8 Å². The Morgan fingerprint density at radius 1 is 1.16 bits per heavy atom. The minimum absolute atomic E-state index is 0.0962. The van der Waals surface area contributed by atoms with Crippen LogP contribution in [0.4, 0.5) is 4.79 Å². The number of carbonyl (C=O) groups is 3. The SMILES string of the molecule is CC[C@H](C)[C@H](NC(=O)C1CCCN(C(=O)NC2CCCC2)C1)C(=O)O. The molecule has 0 spiro atoms. The second kappa shape index (κ2) is 9.06. The average Bonchev–Trinajstić information content (AvgIpc) is 3.11. The Balaban J connectivity index is 1.89.